The van der Waals surface area contributed by atoms with Crippen LogP contribution in [0.4, 0.5) is 0 Å². The van der Waals surface area contributed by atoms with Crippen molar-refractivity contribution in [1.29, 1.82) is 0 Å². The van der Waals surface area contributed by atoms with Crippen LogP contribution in [0.5, 0.6) is 0 Å². The van der Waals surface area contributed by atoms with Gasteiger partial charge in [0.05, 0.1) is 5.69 Å². The van der Waals surface area contributed by atoms with Crippen LogP contribution in [0, 0.1) is 18.8 Å². The molecule has 1 aliphatic carbocycles. The molecular formula is C22H26N2. The van der Waals surface area contributed by atoms with Crippen LogP contribution in [-0.4, -0.2) is 9.97 Å². The summed E-state index contributed by atoms with van der Waals surface area (Å²) in [6.07, 6.45) is 14.3. The van der Waals surface area contributed by atoms with E-state index in [1.165, 1.54) is 30.4 Å². The Balaban J connectivity index is 1.78. The fraction of sp³-hybridized carbons (Fsp3) is 0.364. The average Bonchev–Trinajstić information content (AvgIpc) is 2.62. The molecule has 2 heterocycles. The summed E-state index contributed by atoms with van der Waals surface area (Å²) in [5.74, 6) is 1.63. The highest BCUT2D eigenvalue weighted by molar-refractivity contribution is 5.65. The predicted molar refractivity (Wildman–Crippen MR) is 102 cm³/mol. The fourth-order valence-corrected chi connectivity index (χ4v) is 3.22. The van der Waals surface area contributed by atoms with E-state index < -0.39 is 0 Å². The summed E-state index contributed by atoms with van der Waals surface area (Å²) in [5, 5.41) is 0. The molecule has 0 aromatic carbocycles. The van der Waals surface area contributed by atoms with E-state index in [0.717, 1.165) is 28.8 Å². The highest BCUT2D eigenvalue weighted by Gasteiger charge is 2.16. The molecule has 124 valence electrons. The minimum absolute atomic E-state index is 0.785. The monoisotopic (exact) mass is 318 g/mol. The first-order valence-corrected chi connectivity index (χ1v) is 8.88. The second-order valence-electron chi connectivity index (χ2n) is 7.00. The third-order valence-electron chi connectivity index (χ3n) is 4.99. The lowest BCUT2D eigenvalue weighted by molar-refractivity contribution is 0.352. The Morgan fingerprint density at radius 1 is 1.17 bits per heavy atom. The van der Waals surface area contributed by atoms with E-state index in [4.69, 9.17) is 0 Å². The lowest BCUT2D eigenvalue weighted by atomic mass is 9.82. The molecule has 0 N–H and O–H groups in total. The van der Waals surface area contributed by atoms with Gasteiger partial charge in [0.1, 0.15) is 0 Å². The van der Waals surface area contributed by atoms with Gasteiger partial charge in [0.15, 0.2) is 0 Å². The van der Waals surface area contributed by atoms with Crippen molar-refractivity contribution >= 4 is 6.08 Å². The van der Waals surface area contributed by atoms with Crippen LogP contribution < -0.4 is 0 Å². The summed E-state index contributed by atoms with van der Waals surface area (Å²) in [4.78, 5) is 8.96. The van der Waals surface area contributed by atoms with Gasteiger partial charge in [-0.1, -0.05) is 43.7 Å². The normalized spacial score (nSPS) is 18.2. The summed E-state index contributed by atoms with van der Waals surface area (Å²) in [5.41, 5.74) is 5.72. The number of hydrogen-bond donors (Lipinski definition) is 0. The lowest BCUT2D eigenvalue weighted by Gasteiger charge is -2.23. The highest BCUT2D eigenvalue weighted by atomic mass is 14.7. The van der Waals surface area contributed by atoms with Crippen LogP contribution >= 0.6 is 0 Å². The molecule has 2 nitrogen and oxygen atoms in total. The van der Waals surface area contributed by atoms with Gasteiger partial charge in [-0.2, -0.15) is 0 Å². The number of aromatic nitrogens is 2. The summed E-state index contributed by atoms with van der Waals surface area (Å²) < 4.78 is 0. The van der Waals surface area contributed by atoms with E-state index in [2.05, 4.69) is 55.0 Å². The second kappa shape index (κ2) is 7.57. The molecule has 2 aromatic heterocycles. The number of hydrogen-bond acceptors (Lipinski definition) is 2. The van der Waals surface area contributed by atoms with Crippen molar-refractivity contribution in [2.45, 2.75) is 40.0 Å². The van der Waals surface area contributed by atoms with Gasteiger partial charge in [-0.3, -0.25) is 9.97 Å². The Morgan fingerprint density at radius 3 is 2.71 bits per heavy atom. The van der Waals surface area contributed by atoms with Crippen molar-refractivity contribution in [2.75, 3.05) is 0 Å². The number of nitrogens with zero attached hydrogens (tertiary/aromatic N) is 2. The molecule has 2 heteroatoms. The molecule has 0 bridgehead atoms. The van der Waals surface area contributed by atoms with E-state index in [1.807, 2.05) is 30.6 Å². The van der Waals surface area contributed by atoms with Crippen LogP contribution in [-0.2, 0) is 0 Å². The molecule has 0 spiro atoms. The molecule has 24 heavy (non-hydrogen) atoms. The highest BCUT2D eigenvalue weighted by Crippen LogP contribution is 2.30. The minimum Gasteiger partial charge on any atom is -0.260 e. The van der Waals surface area contributed by atoms with Crippen LogP contribution in [0.3, 0.4) is 0 Å². The zero-order valence-corrected chi connectivity index (χ0v) is 14.9. The van der Waals surface area contributed by atoms with Crippen molar-refractivity contribution in [3.63, 3.8) is 0 Å². The first-order chi connectivity index (χ1) is 11.6. The maximum absolute atomic E-state index is 4.54. The van der Waals surface area contributed by atoms with Crippen molar-refractivity contribution in [2.24, 2.45) is 11.8 Å². The van der Waals surface area contributed by atoms with Crippen molar-refractivity contribution in [3.05, 3.63) is 65.6 Å². The van der Waals surface area contributed by atoms with Crippen molar-refractivity contribution in [3.8, 4) is 11.3 Å². The van der Waals surface area contributed by atoms with Gasteiger partial charge >= 0.3 is 0 Å². The number of pyridine rings is 2. The van der Waals surface area contributed by atoms with Gasteiger partial charge in [-0.25, -0.2) is 0 Å². The standard InChI is InChI=1S/C22H26N2/c1-16(2)19-10-7-18(8-11-19)9-12-20-14-21(15-24-17(20)3)22-6-4-5-13-23-22/h4-7,9,12-16,19H,8,10-11H2,1-3H3/b12-9+. The predicted octanol–water partition coefficient (Wildman–Crippen LogP) is 5.85. The molecule has 1 aliphatic rings. The number of rotatable bonds is 4. The van der Waals surface area contributed by atoms with Crippen LogP contribution in [0.25, 0.3) is 17.3 Å². The van der Waals surface area contributed by atoms with Gasteiger partial charge in [0.25, 0.3) is 0 Å². The summed E-state index contributed by atoms with van der Waals surface area (Å²) in [7, 11) is 0. The third kappa shape index (κ3) is 4.00. The quantitative estimate of drug-likeness (QED) is 0.707. The molecule has 0 amide bonds. The molecule has 1 unspecified atom stereocenters. The van der Waals surface area contributed by atoms with E-state index in [-0.39, 0.29) is 0 Å². The van der Waals surface area contributed by atoms with Crippen molar-refractivity contribution < 1.29 is 0 Å². The Hall–Kier alpha value is -2.22. The molecule has 1 atom stereocenters. The summed E-state index contributed by atoms with van der Waals surface area (Å²) >= 11 is 0. The zero-order valence-electron chi connectivity index (χ0n) is 14.9. The SMILES string of the molecule is Cc1ncc(-c2ccccn2)cc1/C=C/C1=CCC(C(C)C)CC1. The van der Waals surface area contributed by atoms with E-state index >= 15 is 0 Å². The molecule has 3 rings (SSSR count). The van der Waals surface area contributed by atoms with Gasteiger partial charge < -0.3 is 0 Å². The van der Waals surface area contributed by atoms with Gasteiger partial charge in [-0.05, 0) is 61.8 Å². The first kappa shape index (κ1) is 16.6. The molecule has 2 aromatic rings. The van der Waals surface area contributed by atoms with E-state index in [9.17, 15) is 0 Å². The molecule has 0 saturated carbocycles. The van der Waals surface area contributed by atoms with Gasteiger partial charge in [-0.15, -0.1) is 0 Å². The molecule has 0 aliphatic heterocycles. The largest absolute Gasteiger partial charge is 0.260 e. The van der Waals surface area contributed by atoms with Gasteiger partial charge in [0, 0.05) is 23.7 Å². The number of allylic oxidation sites excluding steroid dienone is 3. The number of aryl methyl sites for hydroxylation is 1. The Labute approximate surface area is 145 Å². The van der Waals surface area contributed by atoms with Crippen LogP contribution in [0.15, 0.2) is 54.4 Å². The zero-order chi connectivity index (χ0) is 16.9. The smallest absolute Gasteiger partial charge is 0.0717 e. The maximum atomic E-state index is 4.54. The van der Waals surface area contributed by atoms with E-state index in [0.29, 0.717) is 0 Å². The Kier molecular flexibility index (Phi) is 5.24. The van der Waals surface area contributed by atoms with Crippen molar-refractivity contribution in [1.82, 2.24) is 9.97 Å². The van der Waals surface area contributed by atoms with Gasteiger partial charge in [0.2, 0.25) is 0 Å². The molecule has 0 fully saturated rings. The summed E-state index contributed by atoms with van der Waals surface area (Å²) in [6, 6.07) is 8.15. The average molecular weight is 318 g/mol. The second-order valence-corrected chi connectivity index (χ2v) is 7.00. The Bertz CT molecular complexity index is 742. The Morgan fingerprint density at radius 2 is 2.04 bits per heavy atom. The lowest BCUT2D eigenvalue weighted by Crippen LogP contribution is -2.11. The molecule has 0 radical (unpaired) electrons. The third-order valence-corrected chi connectivity index (χ3v) is 4.99. The fourth-order valence-electron chi connectivity index (χ4n) is 3.22. The first-order valence-electron chi connectivity index (χ1n) is 8.88. The summed E-state index contributed by atoms with van der Waals surface area (Å²) in [6.45, 7) is 6.72. The topological polar surface area (TPSA) is 25.8 Å². The van der Waals surface area contributed by atoms with Crippen LogP contribution in [0.1, 0.15) is 44.4 Å². The minimum atomic E-state index is 0.785. The maximum Gasteiger partial charge on any atom is 0.0717 e. The molecule has 0 saturated heterocycles. The van der Waals surface area contributed by atoms with E-state index in [1.54, 1.807) is 0 Å². The molecular weight excluding hydrogens is 292 g/mol. The van der Waals surface area contributed by atoms with Crippen LogP contribution in [0.2, 0.25) is 0 Å².